The fourth-order valence-corrected chi connectivity index (χ4v) is 3.12. The summed E-state index contributed by atoms with van der Waals surface area (Å²) < 4.78 is 4.69. The predicted octanol–water partition coefficient (Wildman–Crippen LogP) is 2.68. The van der Waals surface area contributed by atoms with Gasteiger partial charge in [-0.05, 0) is 50.2 Å². The number of hydrogen-bond donors (Lipinski definition) is 3. The second kappa shape index (κ2) is 11.2. The van der Waals surface area contributed by atoms with Crippen LogP contribution in [0.15, 0.2) is 36.4 Å². The first-order chi connectivity index (χ1) is 13.5. The number of anilines is 1. The number of nitrogens with one attached hydrogen (secondary N) is 3. The van der Waals surface area contributed by atoms with Crippen molar-refractivity contribution in [2.75, 3.05) is 11.9 Å². The van der Waals surface area contributed by atoms with Crippen LogP contribution in [0.25, 0.3) is 0 Å². The molecule has 28 heavy (non-hydrogen) atoms. The first-order valence-electron chi connectivity index (χ1n) is 9.35. The lowest BCUT2D eigenvalue weighted by molar-refractivity contribution is -0.137. The molecule has 1 aliphatic carbocycles. The van der Waals surface area contributed by atoms with Gasteiger partial charge in [0.15, 0.2) is 5.11 Å². The second-order valence-electron chi connectivity index (χ2n) is 6.42. The fourth-order valence-electron chi connectivity index (χ4n) is 2.90. The van der Waals surface area contributed by atoms with Gasteiger partial charge in [0.25, 0.3) is 5.91 Å². The molecule has 0 heterocycles. The maximum atomic E-state index is 12.4. The quantitative estimate of drug-likeness (QED) is 0.384. The average molecular weight is 404 g/mol. The summed E-state index contributed by atoms with van der Waals surface area (Å²) in [7, 11) is 0. The van der Waals surface area contributed by atoms with Gasteiger partial charge >= 0.3 is 5.97 Å². The van der Waals surface area contributed by atoms with Crippen molar-refractivity contribution in [3.8, 4) is 0 Å². The molecule has 3 N–H and O–H groups in total. The van der Waals surface area contributed by atoms with Crippen LogP contribution in [0.5, 0.6) is 0 Å². The molecule has 150 valence electrons. The fraction of sp³-hybridized carbons (Fsp3) is 0.400. The summed E-state index contributed by atoms with van der Waals surface area (Å²) in [4.78, 5) is 35.4. The number of ether oxygens (including phenoxy) is 1. The molecule has 1 aliphatic rings. The third-order valence-electron chi connectivity index (χ3n) is 4.22. The molecule has 0 bridgehead atoms. The molecule has 0 aromatic heterocycles. The second-order valence-corrected chi connectivity index (χ2v) is 6.83. The first kappa shape index (κ1) is 21.6. The number of esters is 1. The number of benzene rings is 1. The minimum absolute atomic E-state index is 0.0587. The van der Waals surface area contributed by atoms with E-state index in [9.17, 15) is 14.4 Å². The summed E-state index contributed by atoms with van der Waals surface area (Å²) in [5.41, 5.74) is 1.10. The summed E-state index contributed by atoms with van der Waals surface area (Å²) in [5, 5.41) is 8.40. The monoisotopic (exact) mass is 403 g/mol. The van der Waals surface area contributed by atoms with E-state index in [4.69, 9.17) is 17.0 Å². The van der Waals surface area contributed by atoms with Crippen LogP contribution in [0.4, 0.5) is 5.69 Å². The van der Waals surface area contributed by atoms with Gasteiger partial charge in [-0.1, -0.05) is 25.3 Å². The number of hydrogen-bond acceptors (Lipinski definition) is 5. The van der Waals surface area contributed by atoms with Crippen molar-refractivity contribution in [1.82, 2.24) is 10.6 Å². The molecule has 1 fully saturated rings. The molecule has 2 amide bonds. The molecule has 0 radical (unpaired) electrons. The van der Waals surface area contributed by atoms with Crippen molar-refractivity contribution in [3.63, 3.8) is 0 Å². The van der Waals surface area contributed by atoms with Gasteiger partial charge in [0.05, 0.1) is 6.61 Å². The Balaban J connectivity index is 1.87. The summed E-state index contributed by atoms with van der Waals surface area (Å²) in [6, 6.07) is 7.11. The van der Waals surface area contributed by atoms with Crippen molar-refractivity contribution in [3.05, 3.63) is 42.0 Å². The number of carbonyl (C=O) groups excluding carboxylic acids is 3. The highest BCUT2D eigenvalue weighted by molar-refractivity contribution is 7.80. The van der Waals surface area contributed by atoms with Crippen molar-refractivity contribution in [2.24, 2.45) is 0 Å². The lowest BCUT2D eigenvalue weighted by Crippen LogP contribution is -2.36. The van der Waals surface area contributed by atoms with Gasteiger partial charge in [0, 0.05) is 29.4 Å². The van der Waals surface area contributed by atoms with E-state index in [0.717, 1.165) is 37.8 Å². The maximum Gasteiger partial charge on any atom is 0.330 e. The Bertz CT molecular complexity index is 758. The molecule has 0 atom stereocenters. The smallest absolute Gasteiger partial charge is 0.330 e. The van der Waals surface area contributed by atoms with Gasteiger partial charge in [-0.25, -0.2) is 4.79 Å². The average Bonchev–Trinajstić information content (AvgIpc) is 2.67. The molecular weight excluding hydrogens is 378 g/mol. The van der Waals surface area contributed by atoms with Gasteiger partial charge in [-0.3, -0.25) is 14.9 Å². The lowest BCUT2D eigenvalue weighted by atomic mass is 9.95. The van der Waals surface area contributed by atoms with Gasteiger partial charge in [0.2, 0.25) is 5.91 Å². The van der Waals surface area contributed by atoms with Crippen LogP contribution >= 0.6 is 12.2 Å². The largest absolute Gasteiger partial charge is 0.463 e. The Morgan fingerprint density at radius 2 is 1.93 bits per heavy atom. The Labute approximate surface area is 169 Å². The van der Waals surface area contributed by atoms with E-state index < -0.39 is 11.9 Å². The van der Waals surface area contributed by atoms with Gasteiger partial charge in [-0.15, -0.1) is 0 Å². The van der Waals surface area contributed by atoms with E-state index >= 15 is 0 Å². The van der Waals surface area contributed by atoms with E-state index in [1.807, 2.05) is 0 Å². The molecule has 0 spiro atoms. The Hall–Kier alpha value is -2.74. The SMILES string of the molecule is CCOC(=O)/C=C/C(=O)NC(=S)Nc1cccc(C(=O)NC2CCCCC2)c1. The molecule has 0 unspecified atom stereocenters. The van der Waals surface area contributed by atoms with Crippen LogP contribution in [0.2, 0.25) is 0 Å². The Morgan fingerprint density at radius 3 is 2.64 bits per heavy atom. The maximum absolute atomic E-state index is 12.4. The summed E-state index contributed by atoms with van der Waals surface area (Å²) in [6.07, 6.45) is 7.61. The van der Waals surface area contributed by atoms with Crippen LogP contribution in [-0.4, -0.2) is 35.5 Å². The Morgan fingerprint density at radius 1 is 1.18 bits per heavy atom. The lowest BCUT2D eigenvalue weighted by Gasteiger charge is -2.22. The molecule has 7 nitrogen and oxygen atoms in total. The van der Waals surface area contributed by atoms with E-state index in [2.05, 4.69) is 16.0 Å². The normalized spacial score (nSPS) is 14.3. The number of carbonyl (C=O) groups is 3. The predicted molar refractivity (Wildman–Crippen MR) is 111 cm³/mol. The molecule has 8 heteroatoms. The molecular formula is C20H25N3O4S. The van der Waals surface area contributed by atoms with Gasteiger partial charge in [0.1, 0.15) is 0 Å². The third-order valence-corrected chi connectivity index (χ3v) is 4.42. The zero-order valence-electron chi connectivity index (χ0n) is 15.8. The van der Waals surface area contributed by atoms with E-state index in [1.54, 1.807) is 31.2 Å². The molecule has 1 saturated carbocycles. The Kier molecular flexibility index (Phi) is 8.61. The number of amides is 2. The van der Waals surface area contributed by atoms with Gasteiger partial charge in [-0.2, -0.15) is 0 Å². The topological polar surface area (TPSA) is 96.5 Å². The standard InChI is InChI=1S/C20H25N3O4S/c1-2-27-18(25)12-11-17(24)23-20(28)22-16-10-6-7-14(13-16)19(26)21-15-8-4-3-5-9-15/h6-7,10-13,15H,2-5,8-9H2,1H3,(H,21,26)(H2,22,23,24,28)/b12-11+. The molecule has 2 rings (SSSR count). The van der Waals surface area contributed by atoms with Crippen LogP contribution in [0.3, 0.4) is 0 Å². The summed E-state index contributed by atoms with van der Waals surface area (Å²) in [6.45, 7) is 1.91. The highest BCUT2D eigenvalue weighted by atomic mass is 32.1. The minimum Gasteiger partial charge on any atom is -0.463 e. The summed E-state index contributed by atoms with van der Waals surface area (Å²) >= 11 is 5.09. The van der Waals surface area contributed by atoms with E-state index in [1.165, 1.54) is 6.42 Å². The van der Waals surface area contributed by atoms with E-state index in [0.29, 0.717) is 11.3 Å². The first-order valence-corrected chi connectivity index (χ1v) is 9.76. The van der Waals surface area contributed by atoms with E-state index in [-0.39, 0.29) is 23.7 Å². The third kappa shape index (κ3) is 7.48. The molecule has 0 aliphatic heterocycles. The van der Waals surface area contributed by atoms with Crippen LogP contribution in [-0.2, 0) is 14.3 Å². The summed E-state index contributed by atoms with van der Waals surface area (Å²) in [5.74, 6) is -1.28. The van der Waals surface area contributed by atoms with Crippen molar-refractivity contribution in [1.29, 1.82) is 0 Å². The van der Waals surface area contributed by atoms with Crippen LogP contribution in [0.1, 0.15) is 49.4 Å². The van der Waals surface area contributed by atoms with Crippen LogP contribution < -0.4 is 16.0 Å². The molecule has 1 aromatic rings. The van der Waals surface area contributed by atoms with Crippen molar-refractivity contribution < 1.29 is 19.1 Å². The van der Waals surface area contributed by atoms with Crippen molar-refractivity contribution in [2.45, 2.75) is 45.1 Å². The van der Waals surface area contributed by atoms with Crippen LogP contribution in [0, 0.1) is 0 Å². The zero-order chi connectivity index (χ0) is 20.4. The minimum atomic E-state index is -0.604. The molecule has 1 aromatic carbocycles. The van der Waals surface area contributed by atoms with Gasteiger partial charge < -0.3 is 15.4 Å². The molecule has 0 saturated heterocycles. The zero-order valence-corrected chi connectivity index (χ0v) is 16.6. The number of thiocarbonyl (C=S) groups is 1. The highest BCUT2D eigenvalue weighted by Gasteiger charge is 2.16. The van der Waals surface area contributed by atoms with Crippen molar-refractivity contribution >= 4 is 40.8 Å². The highest BCUT2D eigenvalue weighted by Crippen LogP contribution is 2.18. The number of rotatable bonds is 6.